The highest BCUT2D eigenvalue weighted by atomic mass is 15.3. The van der Waals surface area contributed by atoms with E-state index in [1.165, 1.54) is 25.0 Å². The van der Waals surface area contributed by atoms with E-state index in [1.54, 1.807) is 0 Å². The standard InChI is InChI=1S/C13H25N3/c1-5-8-12(6-2)14-10-13-9-11(4)15-16(13)7-3/h9,12,14H,5-8,10H2,1-4H3. The van der Waals surface area contributed by atoms with E-state index < -0.39 is 0 Å². The maximum Gasteiger partial charge on any atom is 0.0597 e. The lowest BCUT2D eigenvalue weighted by Gasteiger charge is -2.16. The fourth-order valence-corrected chi connectivity index (χ4v) is 2.06. The molecule has 0 aliphatic heterocycles. The van der Waals surface area contributed by atoms with Gasteiger partial charge in [0.25, 0.3) is 0 Å². The third-order valence-corrected chi connectivity index (χ3v) is 2.99. The average molecular weight is 223 g/mol. The van der Waals surface area contributed by atoms with E-state index in [4.69, 9.17) is 0 Å². The van der Waals surface area contributed by atoms with E-state index in [-0.39, 0.29) is 0 Å². The molecule has 0 aliphatic carbocycles. The molecule has 0 saturated carbocycles. The summed E-state index contributed by atoms with van der Waals surface area (Å²) in [4.78, 5) is 0. The molecule has 0 aromatic carbocycles. The van der Waals surface area contributed by atoms with Gasteiger partial charge in [0.15, 0.2) is 0 Å². The van der Waals surface area contributed by atoms with Gasteiger partial charge in [0.1, 0.15) is 0 Å². The first kappa shape index (κ1) is 13.2. The van der Waals surface area contributed by atoms with Gasteiger partial charge in [-0.3, -0.25) is 4.68 Å². The van der Waals surface area contributed by atoms with Gasteiger partial charge in [0, 0.05) is 19.1 Å². The summed E-state index contributed by atoms with van der Waals surface area (Å²) in [5.41, 5.74) is 2.41. The van der Waals surface area contributed by atoms with Crippen LogP contribution in [0, 0.1) is 6.92 Å². The molecule has 0 fully saturated rings. The Balaban J connectivity index is 2.52. The molecule has 3 heteroatoms. The molecule has 1 N–H and O–H groups in total. The smallest absolute Gasteiger partial charge is 0.0597 e. The zero-order chi connectivity index (χ0) is 12.0. The Kier molecular flexibility index (Phi) is 5.53. The van der Waals surface area contributed by atoms with Crippen LogP contribution in [-0.4, -0.2) is 15.8 Å². The number of hydrogen-bond acceptors (Lipinski definition) is 2. The fourth-order valence-electron chi connectivity index (χ4n) is 2.06. The Hall–Kier alpha value is -0.830. The molecule has 16 heavy (non-hydrogen) atoms. The quantitative estimate of drug-likeness (QED) is 0.770. The van der Waals surface area contributed by atoms with Crippen LogP contribution in [0.2, 0.25) is 0 Å². The van der Waals surface area contributed by atoms with E-state index in [9.17, 15) is 0 Å². The largest absolute Gasteiger partial charge is 0.308 e. The third kappa shape index (κ3) is 3.63. The van der Waals surface area contributed by atoms with Crippen LogP contribution in [0.1, 0.15) is 51.4 Å². The molecular formula is C13H25N3. The zero-order valence-electron chi connectivity index (χ0n) is 11.1. The van der Waals surface area contributed by atoms with E-state index in [1.807, 2.05) is 0 Å². The maximum atomic E-state index is 4.46. The molecule has 1 unspecified atom stereocenters. The lowest BCUT2D eigenvalue weighted by Crippen LogP contribution is -2.28. The predicted molar refractivity (Wildman–Crippen MR) is 68.5 cm³/mol. The molecule has 1 aromatic heterocycles. The van der Waals surface area contributed by atoms with Crippen LogP contribution in [0.25, 0.3) is 0 Å². The summed E-state index contributed by atoms with van der Waals surface area (Å²) in [7, 11) is 0. The summed E-state index contributed by atoms with van der Waals surface area (Å²) in [6, 6.07) is 2.82. The normalized spacial score (nSPS) is 13.0. The van der Waals surface area contributed by atoms with Gasteiger partial charge < -0.3 is 5.32 Å². The first-order chi connectivity index (χ1) is 7.71. The molecule has 0 amide bonds. The topological polar surface area (TPSA) is 29.9 Å². The van der Waals surface area contributed by atoms with E-state index >= 15 is 0 Å². The second-order valence-corrected chi connectivity index (χ2v) is 4.37. The molecule has 0 aliphatic rings. The maximum absolute atomic E-state index is 4.46. The van der Waals surface area contributed by atoms with Gasteiger partial charge in [0.2, 0.25) is 0 Å². The molecule has 0 saturated heterocycles. The van der Waals surface area contributed by atoms with Crippen LogP contribution < -0.4 is 5.32 Å². The number of rotatable bonds is 7. The molecule has 1 atom stereocenters. The third-order valence-electron chi connectivity index (χ3n) is 2.99. The Bertz CT molecular complexity index is 304. The van der Waals surface area contributed by atoms with Crippen LogP contribution in [-0.2, 0) is 13.1 Å². The van der Waals surface area contributed by atoms with Crippen molar-refractivity contribution >= 4 is 0 Å². The molecule has 0 radical (unpaired) electrons. The number of aryl methyl sites for hydroxylation is 2. The van der Waals surface area contributed by atoms with Crippen LogP contribution in [0.5, 0.6) is 0 Å². The van der Waals surface area contributed by atoms with E-state index in [2.05, 4.69) is 48.9 Å². The average Bonchev–Trinajstić information content (AvgIpc) is 2.65. The summed E-state index contributed by atoms with van der Waals surface area (Å²) in [6.45, 7) is 10.6. The van der Waals surface area contributed by atoms with Gasteiger partial charge in [-0.15, -0.1) is 0 Å². The Morgan fingerprint density at radius 1 is 1.38 bits per heavy atom. The van der Waals surface area contributed by atoms with Crippen LogP contribution in [0.3, 0.4) is 0 Å². The molecular weight excluding hydrogens is 198 g/mol. The highest BCUT2D eigenvalue weighted by Crippen LogP contribution is 2.06. The fraction of sp³-hybridized carbons (Fsp3) is 0.769. The predicted octanol–water partition coefficient (Wildman–Crippen LogP) is 2.88. The number of aromatic nitrogens is 2. The van der Waals surface area contributed by atoms with Crippen molar-refractivity contribution in [2.75, 3.05) is 0 Å². The second kappa shape index (κ2) is 6.69. The van der Waals surface area contributed by atoms with Crippen LogP contribution >= 0.6 is 0 Å². The van der Waals surface area contributed by atoms with Gasteiger partial charge in [-0.2, -0.15) is 5.10 Å². The van der Waals surface area contributed by atoms with Crippen molar-refractivity contribution in [2.24, 2.45) is 0 Å². The molecule has 0 bridgehead atoms. The van der Waals surface area contributed by atoms with Gasteiger partial charge >= 0.3 is 0 Å². The van der Waals surface area contributed by atoms with Crippen molar-refractivity contribution in [3.05, 3.63) is 17.5 Å². The summed E-state index contributed by atoms with van der Waals surface area (Å²) in [5, 5.41) is 8.07. The van der Waals surface area contributed by atoms with Crippen LogP contribution in [0.15, 0.2) is 6.07 Å². The minimum Gasteiger partial charge on any atom is -0.308 e. The Labute approximate surface area is 99.2 Å². The van der Waals surface area contributed by atoms with Gasteiger partial charge in [-0.25, -0.2) is 0 Å². The minimum absolute atomic E-state index is 0.644. The number of nitrogens with zero attached hydrogens (tertiary/aromatic N) is 2. The van der Waals surface area contributed by atoms with Gasteiger partial charge in [-0.05, 0) is 32.8 Å². The van der Waals surface area contributed by atoms with Crippen molar-refractivity contribution in [1.82, 2.24) is 15.1 Å². The van der Waals surface area contributed by atoms with Crippen molar-refractivity contribution < 1.29 is 0 Å². The summed E-state index contributed by atoms with van der Waals surface area (Å²) < 4.78 is 2.08. The lowest BCUT2D eigenvalue weighted by atomic mass is 10.1. The molecule has 0 spiro atoms. The molecule has 1 heterocycles. The van der Waals surface area contributed by atoms with Gasteiger partial charge in [0.05, 0.1) is 11.4 Å². The zero-order valence-corrected chi connectivity index (χ0v) is 11.1. The Morgan fingerprint density at radius 3 is 2.69 bits per heavy atom. The molecule has 1 rings (SSSR count). The molecule has 1 aromatic rings. The summed E-state index contributed by atoms with van der Waals surface area (Å²) >= 11 is 0. The Morgan fingerprint density at radius 2 is 2.12 bits per heavy atom. The summed E-state index contributed by atoms with van der Waals surface area (Å²) in [5.74, 6) is 0. The highest BCUT2D eigenvalue weighted by molar-refractivity contribution is 5.08. The number of nitrogens with one attached hydrogen (secondary N) is 1. The van der Waals surface area contributed by atoms with Crippen molar-refractivity contribution in [3.8, 4) is 0 Å². The first-order valence-electron chi connectivity index (χ1n) is 6.47. The minimum atomic E-state index is 0.644. The highest BCUT2D eigenvalue weighted by Gasteiger charge is 2.07. The number of hydrogen-bond donors (Lipinski definition) is 1. The first-order valence-corrected chi connectivity index (χ1v) is 6.47. The summed E-state index contributed by atoms with van der Waals surface area (Å²) in [6.07, 6.45) is 3.71. The molecule has 92 valence electrons. The van der Waals surface area contributed by atoms with Crippen molar-refractivity contribution in [2.45, 2.75) is 66.1 Å². The lowest BCUT2D eigenvalue weighted by molar-refractivity contribution is 0.449. The van der Waals surface area contributed by atoms with Gasteiger partial charge in [-0.1, -0.05) is 20.3 Å². The van der Waals surface area contributed by atoms with Crippen molar-refractivity contribution in [3.63, 3.8) is 0 Å². The second-order valence-electron chi connectivity index (χ2n) is 4.37. The van der Waals surface area contributed by atoms with Crippen LogP contribution in [0.4, 0.5) is 0 Å². The van der Waals surface area contributed by atoms with Crippen molar-refractivity contribution in [1.29, 1.82) is 0 Å². The SMILES string of the molecule is CCCC(CC)NCc1cc(C)nn1CC. The van der Waals surface area contributed by atoms with E-state index in [0.29, 0.717) is 6.04 Å². The monoisotopic (exact) mass is 223 g/mol. The van der Waals surface area contributed by atoms with E-state index in [0.717, 1.165) is 18.8 Å². The molecule has 3 nitrogen and oxygen atoms in total.